The van der Waals surface area contributed by atoms with Crippen LogP contribution in [0.4, 0.5) is 0 Å². The van der Waals surface area contributed by atoms with E-state index in [1.54, 1.807) is 0 Å². The molecule has 0 aromatic rings. The summed E-state index contributed by atoms with van der Waals surface area (Å²) in [6, 6.07) is 0. The van der Waals surface area contributed by atoms with Crippen LogP contribution in [0.3, 0.4) is 0 Å². The number of hydrogen-bond acceptors (Lipinski definition) is 4. The molecule has 17 heavy (non-hydrogen) atoms. The van der Waals surface area contributed by atoms with Crippen molar-refractivity contribution in [2.24, 2.45) is 11.8 Å². The minimum absolute atomic E-state index is 0.0112. The summed E-state index contributed by atoms with van der Waals surface area (Å²) in [4.78, 5) is 0. The highest BCUT2D eigenvalue weighted by Gasteiger charge is 2.50. The minimum Gasteiger partial charge on any atom is -0.396 e. The van der Waals surface area contributed by atoms with E-state index in [0.717, 1.165) is 0 Å². The van der Waals surface area contributed by atoms with Crippen LogP contribution in [-0.4, -0.2) is 45.7 Å². The third-order valence-electron chi connectivity index (χ3n) is 4.20. The van der Waals surface area contributed by atoms with Crippen LogP contribution in [0.25, 0.3) is 0 Å². The van der Waals surface area contributed by atoms with Gasteiger partial charge >= 0.3 is 0 Å². The van der Waals surface area contributed by atoms with Gasteiger partial charge in [0.2, 0.25) is 0 Å². The van der Waals surface area contributed by atoms with Gasteiger partial charge in [-0.3, -0.25) is 0 Å². The van der Waals surface area contributed by atoms with Gasteiger partial charge in [-0.05, 0) is 40.5 Å². The Labute approximate surface area is 104 Å². The summed E-state index contributed by atoms with van der Waals surface area (Å²) in [7, 11) is 0. The van der Waals surface area contributed by atoms with Gasteiger partial charge in [-0.1, -0.05) is 0 Å². The molecule has 0 spiro atoms. The Balaban J connectivity index is 2.95. The third-order valence-corrected chi connectivity index (χ3v) is 4.20. The second-order valence-electron chi connectivity index (χ2n) is 6.30. The normalized spacial score (nSPS) is 35.8. The highest BCUT2D eigenvalue weighted by Crippen LogP contribution is 2.40. The molecule has 4 nitrogen and oxygen atoms in total. The SMILES string of the molecule is CC1(C)NC(C)(C)C(CCO)C(O)C1CCO. The van der Waals surface area contributed by atoms with Crippen molar-refractivity contribution in [3.63, 3.8) is 0 Å². The number of nitrogens with one attached hydrogen (secondary N) is 1. The molecule has 4 N–H and O–H groups in total. The topological polar surface area (TPSA) is 72.7 Å². The molecule has 1 fully saturated rings. The van der Waals surface area contributed by atoms with Crippen LogP contribution in [0.1, 0.15) is 40.5 Å². The Morgan fingerprint density at radius 3 is 1.53 bits per heavy atom. The Morgan fingerprint density at radius 1 is 0.882 bits per heavy atom. The van der Waals surface area contributed by atoms with Gasteiger partial charge in [-0.25, -0.2) is 0 Å². The zero-order valence-electron chi connectivity index (χ0n) is 11.4. The van der Waals surface area contributed by atoms with Crippen molar-refractivity contribution in [1.29, 1.82) is 0 Å². The first kappa shape index (κ1) is 14.9. The molecule has 0 amide bonds. The lowest BCUT2D eigenvalue weighted by atomic mass is 9.65. The fourth-order valence-corrected chi connectivity index (χ4v) is 3.49. The highest BCUT2D eigenvalue weighted by molar-refractivity contribution is 5.06. The van der Waals surface area contributed by atoms with Gasteiger partial charge < -0.3 is 20.6 Å². The summed E-state index contributed by atoms with van der Waals surface area (Å²) < 4.78 is 0. The Hall–Kier alpha value is -0.160. The van der Waals surface area contributed by atoms with E-state index >= 15 is 0 Å². The van der Waals surface area contributed by atoms with E-state index in [1.165, 1.54) is 0 Å². The van der Waals surface area contributed by atoms with Crippen molar-refractivity contribution in [3.8, 4) is 0 Å². The molecule has 1 aliphatic rings. The van der Waals surface area contributed by atoms with Gasteiger partial charge in [0.15, 0.2) is 0 Å². The molecule has 0 aromatic heterocycles. The largest absolute Gasteiger partial charge is 0.396 e. The van der Waals surface area contributed by atoms with E-state index in [2.05, 4.69) is 33.0 Å². The summed E-state index contributed by atoms with van der Waals surface area (Å²) >= 11 is 0. The number of piperidine rings is 1. The maximum absolute atomic E-state index is 10.5. The number of rotatable bonds is 4. The van der Waals surface area contributed by atoms with E-state index in [4.69, 9.17) is 10.2 Å². The van der Waals surface area contributed by atoms with Gasteiger partial charge in [0.25, 0.3) is 0 Å². The second kappa shape index (κ2) is 5.22. The number of aliphatic hydroxyl groups excluding tert-OH is 3. The van der Waals surface area contributed by atoms with Gasteiger partial charge in [0, 0.05) is 36.1 Å². The van der Waals surface area contributed by atoms with E-state index in [1.807, 2.05) is 0 Å². The van der Waals surface area contributed by atoms with Crippen molar-refractivity contribution in [2.45, 2.75) is 57.7 Å². The Kier molecular flexibility index (Phi) is 4.58. The predicted octanol–water partition coefficient (Wildman–Crippen LogP) is 0.505. The van der Waals surface area contributed by atoms with Gasteiger partial charge in [0.05, 0.1) is 6.10 Å². The lowest BCUT2D eigenvalue weighted by Crippen LogP contribution is -2.69. The first-order valence-corrected chi connectivity index (χ1v) is 6.45. The lowest BCUT2D eigenvalue weighted by Gasteiger charge is -2.55. The lowest BCUT2D eigenvalue weighted by molar-refractivity contribution is -0.0855. The van der Waals surface area contributed by atoms with Crippen LogP contribution in [0.2, 0.25) is 0 Å². The van der Waals surface area contributed by atoms with Crippen LogP contribution in [-0.2, 0) is 0 Å². The molecule has 0 saturated carbocycles. The smallest absolute Gasteiger partial charge is 0.0633 e. The van der Waals surface area contributed by atoms with Crippen LogP contribution in [0, 0.1) is 11.8 Å². The first-order chi connectivity index (χ1) is 7.76. The molecular formula is C13H27NO3. The molecule has 2 atom stereocenters. The second-order valence-corrected chi connectivity index (χ2v) is 6.30. The van der Waals surface area contributed by atoms with Gasteiger partial charge in [0.1, 0.15) is 0 Å². The third kappa shape index (κ3) is 2.99. The standard InChI is InChI=1S/C13H27NO3/c1-12(2)9(5-7-15)11(17)10(6-8-16)13(3,4)14-12/h9-11,14-17H,5-8H2,1-4H3. The molecule has 0 aliphatic carbocycles. The Bertz CT molecular complexity index is 229. The summed E-state index contributed by atoms with van der Waals surface area (Å²) in [5.74, 6) is 0.0224. The van der Waals surface area contributed by atoms with Gasteiger partial charge in [-0.15, -0.1) is 0 Å². The summed E-state index contributed by atoms with van der Waals surface area (Å²) in [5, 5.41) is 32.3. The fraction of sp³-hybridized carbons (Fsp3) is 1.00. The maximum Gasteiger partial charge on any atom is 0.0633 e. The fourth-order valence-electron chi connectivity index (χ4n) is 3.49. The summed E-state index contributed by atoms with van der Waals surface area (Å²) in [6.07, 6.45) is 0.679. The molecule has 0 bridgehead atoms. The molecule has 1 rings (SSSR count). The quantitative estimate of drug-likeness (QED) is 0.582. The Morgan fingerprint density at radius 2 is 1.24 bits per heavy atom. The zero-order valence-corrected chi connectivity index (χ0v) is 11.4. The van der Waals surface area contributed by atoms with Crippen molar-refractivity contribution >= 4 is 0 Å². The van der Waals surface area contributed by atoms with Crippen molar-refractivity contribution in [3.05, 3.63) is 0 Å². The van der Waals surface area contributed by atoms with E-state index in [-0.39, 0.29) is 36.1 Å². The van der Waals surface area contributed by atoms with Crippen LogP contribution < -0.4 is 5.32 Å². The van der Waals surface area contributed by atoms with Crippen LogP contribution >= 0.6 is 0 Å². The minimum atomic E-state index is -0.486. The summed E-state index contributed by atoms with van der Waals surface area (Å²) in [5.41, 5.74) is -0.421. The molecule has 0 aromatic carbocycles. The molecule has 2 unspecified atom stereocenters. The van der Waals surface area contributed by atoms with Crippen molar-refractivity contribution in [1.82, 2.24) is 5.32 Å². The molecule has 0 radical (unpaired) electrons. The average Bonchev–Trinajstić information content (AvgIpc) is 2.17. The highest BCUT2D eigenvalue weighted by atomic mass is 16.3. The van der Waals surface area contributed by atoms with E-state index in [9.17, 15) is 5.11 Å². The van der Waals surface area contributed by atoms with Crippen LogP contribution in [0.15, 0.2) is 0 Å². The van der Waals surface area contributed by atoms with Crippen molar-refractivity contribution in [2.75, 3.05) is 13.2 Å². The molecule has 4 heteroatoms. The molecule has 1 heterocycles. The predicted molar refractivity (Wildman–Crippen MR) is 67.7 cm³/mol. The molecule has 1 aliphatic heterocycles. The number of hydrogen-bond donors (Lipinski definition) is 4. The summed E-state index contributed by atoms with van der Waals surface area (Å²) in [6.45, 7) is 8.42. The van der Waals surface area contributed by atoms with E-state index < -0.39 is 6.10 Å². The van der Waals surface area contributed by atoms with Gasteiger partial charge in [-0.2, -0.15) is 0 Å². The first-order valence-electron chi connectivity index (χ1n) is 6.45. The number of aliphatic hydroxyl groups is 3. The van der Waals surface area contributed by atoms with E-state index in [0.29, 0.717) is 12.8 Å². The van der Waals surface area contributed by atoms with Crippen molar-refractivity contribution < 1.29 is 15.3 Å². The maximum atomic E-state index is 10.5. The zero-order chi connectivity index (χ0) is 13.3. The average molecular weight is 245 g/mol. The van der Waals surface area contributed by atoms with Crippen LogP contribution in [0.5, 0.6) is 0 Å². The molecule has 1 saturated heterocycles. The molecular weight excluding hydrogens is 218 g/mol. The monoisotopic (exact) mass is 245 g/mol. The molecule has 102 valence electrons.